The van der Waals surface area contributed by atoms with Crippen molar-refractivity contribution in [2.24, 2.45) is 0 Å². The Morgan fingerprint density at radius 2 is 2.08 bits per heavy atom. The average Bonchev–Trinajstić information content (AvgIpc) is 3.06. The Labute approximate surface area is 161 Å². The number of hydrogen-bond donors (Lipinski definition) is 1. The normalized spacial score (nSPS) is 16.8. The second-order valence-electron chi connectivity index (χ2n) is 5.69. The number of hydrogen-bond acceptors (Lipinski definition) is 3. The summed E-state index contributed by atoms with van der Waals surface area (Å²) < 4.78 is 5.20. The molecule has 1 unspecified atom stereocenters. The lowest BCUT2D eigenvalue weighted by Crippen LogP contribution is -2.34. The number of carbonyl (C=O) groups excluding carboxylic acids is 1. The molecule has 0 saturated carbocycles. The Morgan fingerprint density at radius 3 is 2.76 bits per heavy atom. The van der Waals surface area contributed by atoms with Gasteiger partial charge in [0.1, 0.15) is 11.1 Å². The smallest absolute Gasteiger partial charge is 0.323 e. The van der Waals surface area contributed by atoms with E-state index in [1.807, 2.05) is 31.2 Å². The zero-order valence-electron chi connectivity index (χ0n) is 13.9. The second kappa shape index (κ2) is 7.77. The highest BCUT2D eigenvalue weighted by atomic mass is 35.5. The summed E-state index contributed by atoms with van der Waals surface area (Å²) in [6.45, 7) is 2.60. The van der Waals surface area contributed by atoms with Gasteiger partial charge in [0.15, 0.2) is 0 Å². The van der Waals surface area contributed by atoms with Gasteiger partial charge in [0.25, 0.3) is 0 Å². The van der Waals surface area contributed by atoms with Gasteiger partial charge in [0, 0.05) is 33.6 Å². The Morgan fingerprint density at radius 1 is 1.28 bits per heavy atom. The highest BCUT2D eigenvalue weighted by molar-refractivity contribution is 7.99. The summed E-state index contributed by atoms with van der Waals surface area (Å²) in [7, 11) is 1.62. The van der Waals surface area contributed by atoms with Crippen LogP contribution in [-0.4, -0.2) is 30.3 Å². The van der Waals surface area contributed by atoms with Crippen LogP contribution in [0.4, 0.5) is 10.5 Å². The number of benzene rings is 2. The highest BCUT2D eigenvalue weighted by Gasteiger charge is 2.32. The molecule has 4 nitrogen and oxygen atoms in total. The first kappa shape index (κ1) is 18.2. The Bertz CT molecular complexity index is 801. The molecule has 1 heterocycles. The van der Waals surface area contributed by atoms with Gasteiger partial charge < -0.3 is 15.0 Å². The maximum Gasteiger partial charge on any atom is 0.323 e. The molecule has 1 aliphatic rings. The second-order valence-corrected chi connectivity index (χ2v) is 7.73. The van der Waals surface area contributed by atoms with Crippen molar-refractivity contribution in [2.45, 2.75) is 12.3 Å². The summed E-state index contributed by atoms with van der Waals surface area (Å²) >= 11 is 14.0. The molecule has 25 heavy (non-hydrogen) atoms. The van der Waals surface area contributed by atoms with E-state index in [0.29, 0.717) is 16.6 Å². The van der Waals surface area contributed by atoms with Gasteiger partial charge in [-0.15, -0.1) is 11.8 Å². The van der Waals surface area contributed by atoms with Gasteiger partial charge in [-0.3, -0.25) is 0 Å². The molecule has 1 aliphatic heterocycles. The predicted octanol–water partition coefficient (Wildman–Crippen LogP) is 5.59. The minimum Gasteiger partial charge on any atom is -0.497 e. The molecule has 1 N–H and O–H groups in total. The number of rotatable bonds is 3. The third kappa shape index (κ3) is 4.00. The Balaban J connectivity index is 1.79. The third-order valence-corrected chi connectivity index (χ3v) is 5.86. The van der Waals surface area contributed by atoms with Gasteiger partial charge >= 0.3 is 6.03 Å². The average molecular weight is 397 g/mol. The van der Waals surface area contributed by atoms with Crippen LogP contribution < -0.4 is 10.1 Å². The molecule has 0 aliphatic carbocycles. The number of anilines is 1. The molecular weight excluding hydrogens is 379 g/mol. The Hall–Kier alpha value is -1.56. The number of methoxy groups -OCH3 is 1. The topological polar surface area (TPSA) is 41.6 Å². The summed E-state index contributed by atoms with van der Waals surface area (Å²) in [4.78, 5) is 14.6. The largest absolute Gasteiger partial charge is 0.497 e. The molecule has 1 saturated heterocycles. The van der Waals surface area contributed by atoms with Gasteiger partial charge in [0.2, 0.25) is 0 Å². The van der Waals surface area contributed by atoms with Crippen LogP contribution >= 0.6 is 35.0 Å². The van der Waals surface area contributed by atoms with E-state index in [0.717, 1.165) is 28.3 Å². The highest BCUT2D eigenvalue weighted by Crippen LogP contribution is 2.41. The molecule has 2 aromatic rings. The Kier molecular flexibility index (Phi) is 5.67. The molecule has 0 aromatic heterocycles. The summed E-state index contributed by atoms with van der Waals surface area (Å²) in [6, 6.07) is 10.8. The lowest BCUT2D eigenvalue weighted by molar-refractivity contribution is 0.214. The van der Waals surface area contributed by atoms with Crippen molar-refractivity contribution in [3.8, 4) is 5.75 Å². The molecule has 0 spiro atoms. The minimum atomic E-state index is -0.144. The van der Waals surface area contributed by atoms with Crippen molar-refractivity contribution in [3.63, 3.8) is 0 Å². The van der Waals surface area contributed by atoms with Crippen LogP contribution in [0.5, 0.6) is 5.75 Å². The van der Waals surface area contributed by atoms with E-state index in [1.165, 1.54) is 0 Å². The third-order valence-electron chi connectivity index (χ3n) is 4.06. The predicted molar refractivity (Wildman–Crippen MR) is 105 cm³/mol. The van der Waals surface area contributed by atoms with Gasteiger partial charge in [0.05, 0.1) is 7.11 Å². The molecular formula is C18H18Cl2N2O2S. The summed E-state index contributed by atoms with van der Waals surface area (Å²) in [5, 5.41) is 4.02. The maximum absolute atomic E-state index is 12.8. The number of nitrogens with zero attached hydrogens (tertiary/aromatic N) is 1. The zero-order chi connectivity index (χ0) is 18.0. The van der Waals surface area contributed by atoms with Crippen LogP contribution in [0.25, 0.3) is 0 Å². The van der Waals surface area contributed by atoms with Crippen LogP contribution in [0.3, 0.4) is 0 Å². The molecule has 7 heteroatoms. The van der Waals surface area contributed by atoms with Crippen molar-refractivity contribution in [1.29, 1.82) is 0 Å². The molecule has 2 aromatic carbocycles. The first-order valence-electron chi connectivity index (χ1n) is 7.78. The van der Waals surface area contributed by atoms with Crippen molar-refractivity contribution in [1.82, 2.24) is 4.90 Å². The van der Waals surface area contributed by atoms with E-state index in [4.69, 9.17) is 27.9 Å². The summed E-state index contributed by atoms with van der Waals surface area (Å²) in [5.74, 6) is 1.62. The SMILES string of the molecule is COc1ccc(NC(=O)N2CCSC2c2ccc(Cl)cc2Cl)c(C)c1. The summed E-state index contributed by atoms with van der Waals surface area (Å²) in [6.07, 6.45) is 0. The van der Waals surface area contributed by atoms with E-state index >= 15 is 0 Å². The van der Waals surface area contributed by atoms with Gasteiger partial charge in [-0.1, -0.05) is 29.3 Å². The first-order chi connectivity index (χ1) is 12.0. The van der Waals surface area contributed by atoms with Crippen molar-refractivity contribution in [2.75, 3.05) is 24.7 Å². The molecule has 1 atom stereocenters. The van der Waals surface area contributed by atoms with E-state index in [2.05, 4.69) is 5.32 Å². The molecule has 0 radical (unpaired) electrons. The fraction of sp³-hybridized carbons (Fsp3) is 0.278. The molecule has 3 rings (SSSR count). The number of carbonyl (C=O) groups is 1. The van der Waals surface area contributed by atoms with Crippen LogP contribution in [0, 0.1) is 6.92 Å². The first-order valence-corrected chi connectivity index (χ1v) is 9.59. The quantitative estimate of drug-likeness (QED) is 0.734. The van der Waals surface area contributed by atoms with Crippen LogP contribution in [-0.2, 0) is 0 Å². The fourth-order valence-corrected chi connectivity index (χ4v) is 4.60. The fourth-order valence-electron chi connectivity index (χ4n) is 2.73. The van der Waals surface area contributed by atoms with E-state index in [1.54, 1.807) is 35.9 Å². The van der Waals surface area contributed by atoms with E-state index in [-0.39, 0.29) is 11.4 Å². The minimum absolute atomic E-state index is 0.122. The maximum atomic E-state index is 12.8. The number of urea groups is 1. The van der Waals surface area contributed by atoms with Crippen molar-refractivity contribution in [3.05, 3.63) is 57.6 Å². The number of aryl methyl sites for hydroxylation is 1. The lowest BCUT2D eigenvalue weighted by atomic mass is 10.2. The van der Waals surface area contributed by atoms with Crippen molar-refractivity contribution >= 4 is 46.7 Å². The van der Waals surface area contributed by atoms with Gasteiger partial charge in [-0.2, -0.15) is 0 Å². The zero-order valence-corrected chi connectivity index (χ0v) is 16.2. The number of halogens is 2. The standard InChI is InChI=1S/C18H18Cl2N2O2S/c1-11-9-13(24-2)4-6-16(11)21-18(23)22-7-8-25-17(22)14-5-3-12(19)10-15(14)20/h3-6,9-10,17H,7-8H2,1-2H3,(H,21,23). The van der Waals surface area contributed by atoms with E-state index in [9.17, 15) is 4.79 Å². The monoisotopic (exact) mass is 396 g/mol. The lowest BCUT2D eigenvalue weighted by Gasteiger charge is -2.25. The van der Waals surface area contributed by atoms with Gasteiger partial charge in [-0.25, -0.2) is 4.79 Å². The molecule has 0 bridgehead atoms. The van der Waals surface area contributed by atoms with E-state index < -0.39 is 0 Å². The number of amides is 2. The van der Waals surface area contributed by atoms with Crippen LogP contribution in [0.15, 0.2) is 36.4 Å². The number of nitrogens with one attached hydrogen (secondary N) is 1. The molecule has 132 valence electrons. The van der Waals surface area contributed by atoms with Crippen LogP contribution in [0.2, 0.25) is 10.0 Å². The molecule has 1 fully saturated rings. The number of ether oxygens (including phenoxy) is 1. The van der Waals surface area contributed by atoms with Crippen molar-refractivity contribution < 1.29 is 9.53 Å². The molecule has 2 amide bonds. The van der Waals surface area contributed by atoms with Gasteiger partial charge in [-0.05, 0) is 42.8 Å². The number of thioether (sulfide) groups is 1. The van der Waals surface area contributed by atoms with Crippen LogP contribution in [0.1, 0.15) is 16.5 Å². The summed E-state index contributed by atoms with van der Waals surface area (Å²) in [5.41, 5.74) is 2.61.